The van der Waals surface area contributed by atoms with Crippen molar-refractivity contribution in [3.63, 3.8) is 0 Å². The van der Waals surface area contributed by atoms with Gasteiger partial charge in [-0.2, -0.15) is 0 Å². The minimum absolute atomic E-state index is 0.0327. The molecule has 1 aromatic rings. The molecule has 0 radical (unpaired) electrons. The maximum atomic E-state index is 11.7. The molecule has 0 spiro atoms. The molecule has 1 rings (SSSR count). The molecule has 0 aliphatic rings. The first-order chi connectivity index (χ1) is 8.34. The third-order valence-corrected chi connectivity index (χ3v) is 2.58. The number of halogens is 1. The molecule has 4 nitrogen and oxygen atoms in total. The highest BCUT2D eigenvalue weighted by Gasteiger charge is 2.20. The Morgan fingerprint density at radius 3 is 2.50 bits per heavy atom. The molecule has 0 aromatic heterocycles. The summed E-state index contributed by atoms with van der Waals surface area (Å²) in [5.41, 5.74) is 0.892. The molecule has 0 heterocycles. The molecule has 0 bridgehead atoms. The smallest absolute Gasteiger partial charge is 0.265 e. The molecule has 0 saturated heterocycles. The Morgan fingerprint density at radius 1 is 1.28 bits per heavy atom. The van der Waals surface area contributed by atoms with Crippen LogP contribution in [0.25, 0.3) is 0 Å². The molecule has 18 heavy (non-hydrogen) atoms. The summed E-state index contributed by atoms with van der Waals surface area (Å²) in [6.45, 7) is 5.93. The van der Waals surface area contributed by atoms with Gasteiger partial charge in [-0.05, 0) is 17.7 Å². The molecule has 98 valence electrons. The number of carbonyl (C=O) groups excluding carboxylic acids is 2. The number of nitrogens with one attached hydrogen (secondary N) is 2. The van der Waals surface area contributed by atoms with Gasteiger partial charge in [0.05, 0.1) is 0 Å². The van der Waals surface area contributed by atoms with E-state index in [-0.39, 0.29) is 11.8 Å². The third kappa shape index (κ3) is 4.04. The lowest BCUT2D eigenvalue weighted by Gasteiger charge is -2.17. The Labute approximate surface area is 112 Å². The van der Waals surface area contributed by atoms with Crippen LogP contribution in [-0.4, -0.2) is 11.8 Å². The third-order valence-electron chi connectivity index (χ3n) is 2.41. The summed E-state index contributed by atoms with van der Waals surface area (Å²) >= 11 is 5.26. The second kappa shape index (κ2) is 5.87. The lowest BCUT2D eigenvalue weighted by Crippen LogP contribution is -2.34. The number of rotatable bonds is 3. The Morgan fingerprint density at radius 2 is 1.94 bits per heavy atom. The summed E-state index contributed by atoms with van der Waals surface area (Å²) in [6.07, 6.45) is 0. The van der Waals surface area contributed by atoms with E-state index in [1.807, 2.05) is 31.7 Å². The van der Waals surface area contributed by atoms with Crippen molar-refractivity contribution < 1.29 is 9.59 Å². The zero-order valence-corrected chi connectivity index (χ0v) is 11.5. The van der Waals surface area contributed by atoms with Gasteiger partial charge in [0.15, 0.2) is 0 Å². The van der Waals surface area contributed by atoms with Crippen LogP contribution in [0.5, 0.6) is 0 Å². The van der Waals surface area contributed by atoms with Crippen LogP contribution in [0.3, 0.4) is 0 Å². The summed E-state index contributed by atoms with van der Waals surface area (Å²) in [5.74, 6) is -0.393. The number of hydrogen-bond donors (Lipinski definition) is 2. The highest BCUT2D eigenvalue weighted by Crippen LogP contribution is 2.13. The van der Waals surface area contributed by atoms with Gasteiger partial charge in [0.1, 0.15) is 0 Å². The van der Waals surface area contributed by atoms with Crippen molar-refractivity contribution in [1.82, 2.24) is 10.2 Å². The van der Waals surface area contributed by atoms with E-state index in [0.29, 0.717) is 12.1 Å². The minimum Gasteiger partial charge on any atom is -0.352 e. The van der Waals surface area contributed by atoms with Crippen LogP contribution in [0.2, 0.25) is 0 Å². The molecule has 0 unspecified atom stereocenters. The zero-order chi connectivity index (χ0) is 13.8. The lowest BCUT2D eigenvalue weighted by atomic mass is 9.95. The largest absolute Gasteiger partial charge is 0.352 e. The van der Waals surface area contributed by atoms with Gasteiger partial charge in [0.25, 0.3) is 5.91 Å². The van der Waals surface area contributed by atoms with E-state index in [2.05, 4.69) is 5.32 Å². The van der Waals surface area contributed by atoms with Crippen molar-refractivity contribution in [2.75, 3.05) is 0 Å². The summed E-state index contributed by atoms with van der Waals surface area (Å²) in [6, 6.07) is 6.95. The SMILES string of the molecule is CC(C)(C)C(=O)NCc1cccc(C(=O)NCl)c1. The van der Waals surface area contributed by atoms with Gasteiger partial charge in [-0.25, -0.2) is 0 Å². The second-order valence-corrected chi connectivity index (χ2v) is 5.25. The highest BCUT2D eigenvalue weighted by atomic mass is 35.5. The fourth-order valence-electron chi connectivity index (χ4n) is 1.32. The lowest BCUT2D eigenvalue weighted by molar-refractivity contribution is -0.128. The van der Waals surface area contributed by atoms with Gasteiger partial charge in [-0.1, -0.05) is 32.9 Å². The van der Waals surface area contributed by atoms with Crippen LogP contribution in [0.15, 0.2) is 24.3 Å². The van der Waals surface area contributed by atoms with Gasteiger partial charge >= 0.3 is 0 Å². The predicted molar refractivity (Wildman–Crippen MR) is 71.1 cm³/mol. The standard InChI is InChI=1S/C13H17ClN2O2/c1-13(2,3)12(18)15-8-9-5-4-6-10(7-9)11(17)16-14/h4-7H,8H2,1-3H3,(H,15,18)(H,16,17). The maximum Gasteiger partial charge on any atom is 0.265 e. The first-order valence-electron chi connectivity index (χ1n) is 5.63. The van der Waals surface area contributed by atoms with Crippen LogP contribution < -0.4 is 10.2 Å². The van der Waals surface area contributed by atoms with Crippen molar-refractivity contribution >= 4 is 23.6 Å². The van der Waals surface area contributed by atoms with Crippen molar-refractivity contribution in [2.45, 2.75) is 27.3 Å². The van der Waals surface area contributed by atoms with Gasteiger partial charge in [-0.15, -0.1) is 0 Å². The van der Waals surface area contributed by atoms with Crippen LogP contribution in [0.4, 0.5) is 0 Å². The molecular formula is C13H17ClN2O2. The van der Waals surface area contributed by atoms with E-state index >= 15 is 0 Å². The van der Waals surface area contributed by atoms with Gasteiger partial charge < -0.3 is 5.32 Å². The Kier molecular flexibility index (Phi) is 4.73. The van der Waals surface area contributed by atoms with Gasteiger partial charge in [0.2, 0.25) is 5.91 Å². The maximum absolute atomic E-state index is 11.7. The van der Waals surface area contributed by atoms with E-state index in [4.69, 9.17) is 11.8 Å². The van der Waals surface area contributed by atoms with E-state index in [1.165, 1.54) is 0 Å². The fraction of sp³-hybridized carbons (Fsp3) is 0.385. The van der Waals surface area contributed by atoms with E-state index in [0.717, 1.165) is 5.56 Å². The van der Waals surface area contributed by atoms with Crippen LogP contribution in [0.1, 0.15) is 36.7 Å². The number of hydrogen-bond acceptors (Lipinski definition) is 2. The first-order valence-corrected chi connectivity index (χ1v) is 6.00. The first kappa shape index (κ1) is 14.5. The number of carbonyl (C=O) groups is 2. The summed E-state index contributed by atoms with van der Waals surface area (Å²) in [7, 11) is 0. The second-order valence-electron chi connectivity index (χ2n) is 5.06. The zero-order valence-electron chi connectivity index (χ0n) is 10.7. The Hall–Kier alpha value is -1.55. The molecule has 0 aliphatic heterocycles. The summed E-state index contributed by atoms with van der Waals surface area (Å²) in [4.78, 5) is 25.1. The van der Waals surface area contributed by atoms with Crippen molar-refractivity contribution in [3.05, 3.63) is 35.4 Å². The molecule has 5 heteroatoms. The quantitative estimate of drug-likeness (QED) is 0.826. The monoisotopic (exact) mass is 268 g/mol. The minimum atomic E-state index is -0.425. The summed E-state index contributed by atoms with van der Waals surface area (Å²) < 4.78 is 0. The van der Waals surface area contributed by atoms with Crippen molar-refractivity contribution in [1.29, 1.82) is 0 Å². The molecule has 2 amide bonds. The molecule has 0 saturated carbocycles. The topological polar surface area (TPSA) is 58.2 Å². The van der Waals surface area contributed by atoms with Crippen LogP contribution in [-0.2, 0) is 11.3 Å². The molecule has 0 fully saturated rings. The van der Waals surface area contributed by atoms with E-state index in [1.54, 1.807) is 18.2 Å². The molecular weight excluding hydrogens is 252 g/mol. The van der Waals surface area contributed by atoms with Gasteiger partial charge in [0, 0.05) is 29.3 Å². The van der Waals surface area contributed by atoms with Crippen LogP contribution in [0, 0.1) is 5.41 Å². The van der Waals surface area contributed by atoms with E-state index < -0.39 is 5.41 Å². The van der Waals surface area contributed by atoms with Crippen molar-refractivity contribution in [2.24, 2.45) is 5.41 Å². The van der Waals surface area contributed by atoms with Crippen LogP contribution >= 0.6 is 11.8 Å². The number of amides is 2. The Balaban J connectivity index is 2.69. The molecule has 0 atom stereocenters. The average Bonchev–Trinajstić information content (AvgIpc) is 2.34. The molecule has 2 N–H and O–H groups in total. The summed E-state index contributed by atoms with van der Waals surface area (Å²) in [5, 5.41) is 2.82. The average molecular weight is 269 g/mol. The fourth-order valence-corrected chi connectivity index (χ4v) is 1.43. The Bertz CT molecular complexity index is 453. The van der Waals surface area contributed by atoms with E-state index in [9.17, 15) is 9.59 Å². The number of benzene rings is 1. The van der Waals surface area contributed by atoms with Gasteiger partial charge in [-0.3, -0.25) is 14.4 Å². The molecule has 0 aliphatic carbocycles. The normalized spacial score (nSPS) is 10.9. The molecule has 1 aromatic carbocycles. The van der Waals surface area contributed by atoms with Crippen molar-refractivity contribution in [3.8, 4) is 0 Å². The highest BCUT2D eigenvalue weighted by molar-refractivity contribution is 6.24. The predicted octanol–water partition coefficient (Wildman–Crippen LogP) is 2.23.